The molecule has 0 spiro atoms. The number of nitrogens with zero attached hydrogens (tertiary/aromatic N) is 1. The van der Waals surface area contributed by atoms with Crippen molar-refractivity contribution in [3.8, 4) is 0 Å². The van der Waals surface area contributed by atoms with E-state index in [1.54, 1.807) is 6.92 Å². The first kappa shape index (κ1) is 12.7. The van der Waals surface area contributed by atoms with Crippen LogP contribution in [0.3, 0.4) is 0 Å². The van der Waals surface area contributed by atoms with Crippen LogP contribution < -0.4 is 10.2 Å². The molecule has 1 amide bonds. The summed E-state index contributed by atoms with van der Waals surface area (Å²) in [5.74, 6) is 0.0704. The number of anilines is 2. The molecule has 1 N–H and O–H groups in total. The van der Waals surface area contributed by atoms with Gasteiger partial charge in [-0.15, -0.1) is 0 Å². The van der Waals surface area contributed by atoms with Gasteiger partial charge in [-0.25, -0.2) is 0 Å². The molecule has 2 aromatic carbocycles. The molecule has 0 bridgehead atoms. The van der Waals surface area contributed by atoms with Crippen molar-refractivity contribution in [2.45, 2.75) is 26.4 Å². The van der Waals surface area contributed by atoms with Gasteiger partial charge in [0.2, 0.25) is 5.91 Å². The molecule has 0 saturated carbocycles. The SMILES string of the molecule is CC(=O)N1c2ccccc2CC1Nc1ccccc1C. The first-order valence-corrected chi connectivity index (χ1v) is 6.86. The molecule has 2 aromatic rings. The summed E-state index contributed by atoms with van der Waals surface area (Å²) in [4.78, 5) is 13.8. The van der Waals surface area contributed by atoms with Crippen LogP contribution in [0.2, 0.25) is 0 Å². The molecule has 0 aromatic heterocycles. The van der Waals surface area contributed by atoms with Crippen molar-refractivity contribution in [3.63, 3.8) is 0 Å². The highest BCUT2D eigenvalue weighted by atomic mass is 16.2. The normalized spacial score (nSPS) is 16.9. The Morgan fingerprint density at radius 2 is 1.85 bits per heavy atom. The van der Waals surface area contributed by atoms with Gasteiger partial charge < -0.3 is 5.32 Å². The molecule has 3 nitrogen and oxygen atoms in total. The summed E-state index contributed by atoms with van der Waals surface area (Å²) in [5.41, 5.74) is 4.50. The Bertz CT molecular complexity index is 651. The highest BCUT2D eigenvalue weighted by molar-refractivity contribution is 5.95. The lowest BCUT2D eigenvalue weighted by molar-refractivity contribution is -0.116. The van der Waals surface area contributed by atoms with Crippen molar-refractivity contribution in [1.82, 2.24) is 0 Å². The van der Waals surface area contributed by atoms with Crippen LogP contribution in [-0.2, 0) is 11.2 Å². The molecule has 3 heteroatoms. The molecule has 1 aliphatic heterocycles. The van der Waals surface area contributed by atoms with Crippen molar-refractivity contribution in [2.75, 3.05) is 10.2 Å². The fourth-order valence-corrected chi connectivity index (χ4v) is 2.80. The van der Waals surface area contributed by atoms with E-state index in [4.69, 9.17) is 0 Å². The maximum Gasteiger partial charge on any atom is 0.225 e. The lowest BCUT2D eigenvalue weighted by Crippen LogP contribution is -2.41. The first-order valence-electron chi connectivity index (χ1n) is 6.86. The first-order chi connectivity index (χ1) is 9.66. The maximum absolute atomic E-state index is 12.0. The zero-order chi connectivity index (χ0) is 14.1. The number of hydrogen-bond donors (Lipinski definition) is 1. The van der Waals surface area contributed by atoms with Crippen LogP contribution in [0.15, 0.2) is 48.5 Å². The van der Waals surface area contributed by atoms with Crippen LogP contribution in [0.1, 0.15) is 18.1 Å². The van der Waals surface area contributed by atoms with Crippen LogP contribution in [0.5, 0.6) is 0 Å². The van der Waals surface area contributed by atoms with Gasteiger partial charge in [0.1, 0.15) is 6.17 Å². The van der Waals surface area contributed by atoms with Crippen LogP contribution >= 0.6 is 0 Å². The van der Waals surface area contributed by atoms with E-state index in [0.29, 0.717) is 0 Å². The van der Waals surface area contributed by atoms with Gasteiger partial charge in [0.05, 0.1) is 0 Å². The molecule has 0 fully saturated rings. The second-order valence-electron chi connectivity index (χ2n) is 5.20. The average Bonchev–Trinajstić information content (AvgIpc) is 2.79. The Morgan fingerprint density at radius 3 is 2.60 bits per heavy atom. The van der Waals surface area contributed by atoms with E-state index in [0.717, 1.165) is 17.8 Å². The molecule has 1 unspecified atom stereocenters. The molecule has 0 aliphatic carbocycles. The number of nitrogens with one attached hydrogen (secondary N) is 1. The molecular formula is C17H18N2O. The smallest absolute Gasteiger partial charge is 0.225 e. The number of amides is 1. The van der Waals surface area contributed by atoms with Crippen molar-refractivity contribution < 1.29 is 4.79 Å². The Kier molecular flexibility index (Phi) is 3.18. The summed E-state index contributed by atoms with van der Waals surface area (Å²) in [7, 11) is 0. The summed E-state index contributed by atoms with van der Waals surface area (Å²) in [6.45, 7) is 3.69. The topological polar surface area (TPSA) is 32.3 Å². The number of rotatable bonds is 2. The van der Waals surface area contributed by atoms with Crippen molar-refractivity contribution in [1.29, 1.82) is 0 Å². The Balaban J connectivity index is 1.92. The van der Waals surface area contributed by atoms with Gasteiger partial charge in [0, 0.05) is 24.7 Å². The van der Waals surface area contributed by atoms with E-state index in [1.165, 1.54) is 11.1 Å². The van der Waals surface area contributed by atoms with E-state index in [2.05, 4.69) is 30.4 Å². The zero-order valence-electron chi connectivity index (χ0n) is 11.8. The Labute approximate surface area is 119 Å². The van der Waals surface area contributed by atoms with Crippen LogP contribution in [-0.4, -0.2) is 12.1 Å². The Hall–Kier alpha value is -2.29. The fraction of sp³-hybridized carbons (Fsp3) is 0.235. The molecule has 1 aliphatic rings. The maximum atomic E-state index is 12.0. The van der Waals surface area contributed by atoms with E-state index in [9.17, 15) is 4.79 Å². The van der Waals surface area contributed by atoms with Crippen molar-refractivity contribution >= 4 is 17.3 Å². The van der Waals surface area contributed by atoms with Crippen molar-refractivity contribution in [2.24, 2.45) is 0 Å². The molecule has 102 valence electrons. The van der Waals surface area contributed by atoms with E-state index in [-0.39, 0.29) is 12.1 Å². The Morgan fingerprint density at radius 1 is 1.15 bits per heavy atom. The number of benzene rings is 2. The molecule has 3 rings (SSSR count). The molecular weight excluding hydrogens is 248 g/mol. The van der Waals surface area contributed by atoms with E-state index >= 15 is 0 Å². The summed E-state index contributed by atoms with van der Waals surface area (Å²) < 4.78 is 0. The second kappa shape index (κ2) is 5.00. The van der Waals surface area contributed by atoms with Gasteiger partial charge in [-0.2, -0.15) is 0 Å². The number of carbonyl (C=O) groups excluding carboxylic acids is 1. The molecule has 0 saturated heterocycles. The van der Waals surface area contributed by atoms with E-state index in [1.807, 2.05) is 35.2 Å². The van der Waals surface area contributed by atoms with Gasteiger partial charge in [0.25, 0.3) is 0 Å². The summed E-state index contributed by atoms with van der Waals surface area (Å²) in [6.07, 6.45) is 0.829. The summed E-state index contributed by atoms with van der Waals surface area (Å²) in [6, 6.07) is 16.3. The standard InChI is InChI=1S/C17H18N2O/c1-12-7-3-5-9-15(12)18-17-11-14-8-4-6-10-16(14)19(17)13(2)20/h3-10,17-18H,11H2,1-2H3. The molecule has 20 heavy (non-hydrogen) atoms. The highest BCUT2D eigenvalue weighted by Crippen LogP contribution is 2.32. The molecule has 1 heterocycles. The minimum absolute atomic E-state index is 0.00833. The summed E-state index contributed by atoms with van der Waals surface area (Å²) in [5, 5.41) is 3.49. The van der Waals surface area contributed by atoms with Gasteiger partial charge >= 0.3 is 0 Å². The van der Waals surface area contributed by atoms with Crippen molar-refractivity contribution in [3.05, 3.63) is 59.7 Å². The minimum atomic E-state index is -0.00833. The van der Waals surface area contributed by atoms with Crippen LogP contribution in [0.4, 0.5) is 11.4 Å². The van der Waals surface area contributed by atoms with Gasteiger partial charge in [0.15, 0.2) is 0 Å². The zero-order valence-corrected chi connectivity index (χ0v) is 11.8. The average molecular weight is 266 g/mol. The fourth-order valence-electron chi connectivity index (χ4n) is 2.80. The predicted molar refractivity (Wildman–Crippen MR) is 81.9 cm³/mol. The molecule has 1 atom stereocenters. The molecule has 0 radical (unpaired) electrons. The lowest BCUT2D eigenvalue weighted by atomic mass is 10.1. The lowest BCUT2D eigenvalue weighted by Gasteiger charge is -2.26. The predicted octanol–water partition coefficient (Wildman–Crippen LogP) is 3.34. The number of fused-ring (bicyclic) bond motifs is 1. The number of carbonyl (C=O) groups is 1. The van der Waals surface area contributed by atoms with Gasteiger partial charge in [-0.05, 0) is 30.2 Å². The highest BCUT2D eigenvalue weighted by Gasteiger charge is 2.31. The third kappa shape index (κ3) is 2.16. The van der Waals surface area contributed by atoms with Crippen LogP contribution in [0, 0.1) is 6.92 Å². The van der Waals surface area contributed by atoms with Gasteiger partial charge in [-0.1, -0.05) is 36.4 Å². The third-order valence-corrected chi connectivity index (χ3v) is 3.78. The third-order valence-electron chi connectivity index (χ3n) is 3.78. The van der Waals surface area contributed by atoms with Crippen LogP contribution in [0.25, 0.3) is 0 Å². The monoisotopic (exact) mass is 266 g/mol. The number of para-hydroxylation sites is 2. The quantitative estimate of drug-likeness (QED) is 0.904. The number of aryl methyl sites for hydroxylation is 1. The van der Waals surface area contributed by atoms with Gasteiger partial charge in [-0.3, -0.25) is 9.69 Å². The second-order valence-corrected chi connectivity index (χ2v) is 5.20. The number of hydrogen-bond acceptors (Lipinski definition) is 2. The summed E-state index contributed by atoms with van der Waals surface area (Å²) >= 11 is 0. The van der Waals surface area contributed by atoms with E-state index < -0.39 is 0 Å². The largest absolute Gasteiger partial charge is 0.364 e. The minimum Gasteiger partial charge on any atom is -0.364 e.